The van der Waals surface area contributed by atoms with Crippen LogP contribution < -0.4 is 19.8 Å². The van der Waals surface area contributed by atoms with Crippen LogP contribution in [0.2, 0.25) is 0 Å². The molecule has 8 rings (SSSR count). The number of carbonyl (C=O) groups is 2. The Hall–Kier alpha value is -6.40. The molecule has 0 aliphatic heterocycles. The largest absolute Gasteiger partial charge is 0.321 e. The molecule has 6 heteroatoms. The molecule has 0 saturated heterocycles. The topological polar surface area (TPSA) is 66.0 Å². The van der Waals surface area contributed by atoms with Crippen LogP contribution in [0.3, 0.4) is 0 Å². The molecule has 6 aromatic carbocycles. The quantitative estimate of drug-likeness (QED) is 0.0813. The summed E-state index contributed by atoms with van der Waals surface area (Å²) in [7, 11) is 0. The summed E-state index contributed by atoms with van der Waals surface area (Å²) in [6, 6.07) is 46.2. The number of amides is 2. The second-order valence-corrected chi connectivity index (χ2v) is 13.4. The smallest absolute Gasteiger partial charge is 0.224 e. The van der Waals surface area contributed by atoms with Crippen molar-refractivity contribution in [1.29, 1.82) is 0 Å². The first-order valence-electron chi connectivity index (χ1n) is 17.9. The van der Waals surface area contributed by atoms with Crippen molar-refractivity contribution in [1.82, 2.24) is 0 Å². The maximum atomic E-state index is 12.9. The highest BCUT2D eigenvalue weighted by molar-refractivity contribution is 6.03. The van der Waals surface area contributed by atoms with E-state index in [1.807, 2.05) is 49.1 Å². The molecule has 6 nitrogen and oxygen atoms in total. The number of carbonyl (C=O) groups excluding carboxylic acids is 2. The second kappa shape index (κ2) is 14.8. The predicted molar refractivity (Wildman–Crippen MR) is 210 cm³/mol. The number of nitrogens with zero attached hydrogens (tertiary/aromatic N) is 2. The molecule has 0 atom stereocenters. The van der Waals surface area contributed by atoms with Gasteiger partial charge in [0.05, 0.1) is 0 Å². The van der Waals surface area contributed by atoms with E-state index in [1.54, 1.807) is 0 Å². The second-order valence-electron chi connectivity index (χ2n) is 13.4. The van der Waals surface area contributed by atoms with Crippen molar-refractivity contribution in [3.8, 4) is 0 Å². The number of rotatable bonds is 11. The average molecular weight is 681 g/mol. The number of nitrogens with one attached hydrogen (secondary N) is 2. The van der Waals surface area contributed by atoms with Gasteiger partial charge in [0.1, 0.15) is 11.4 Å². The van der Waals surface area contributed by atoms with Crippen LogP contribution in [0, 0.1) is 0 Å². The minimum Gasteiger partial charge on any atom is -0.321 e. The first kappa shape index (κ1) is 32.8. The van der Waals surface area contributed by atoms with Crippen molar-refractivity contribution in [2.24, 2.45) is 0 Å². The maximum Gasteiger partial charge on any atom is 0.224 e. The number of hydrogen-bond acceptors (Lipinski definition) is 2. The summed E-state index contributed by atoms with van der Waals surface area (Å²) in [5.41, 5.74) is 4.01. The van der Waals surface area contributed by atoms with Gasteiger partial charge in [-0.1, -0.05) is 97.1 Å². The number of fused-ring (bicyclic) bond motifs is 4. The lowest BCUT2D eigenvalue weighted by Gasteiger charge is -2.10. The molecule has 254 valence electrons. The summed E-state index contributed by atoms with van der Waals surface area (Å²) >= 11 is 0. The lowest BCUT2D eigenvalue weighted by Crippen LogP contribution is -2.34. The van der Waals surface area contributed by atoms with Crippen LogP contribution in [0.15, 0.2) is 158 Å². The lowest BCUT2D eigenvalue weighted by molar-refractivity contribution is -0.687. The molecule has 52 heavy (non-hydrogen) atoms. The summed E-state index contributed by atoms with van der Waals surface area (Å²) < 4.78 is 4.23. The highest BCUT2D eigenvalue weighted by Crippen LogP contribution is 2.30. The van der Waals surface area contributed by atoms with Gasteiger partial charge in [0.25, 0.3) is 0 Å². The zero-order chi connectivity index (χ0) is 35.3. The zero-order valence-electron chi connectivity index (χ0n) is 29.0. The van der Waals surface area contributed by atoms with Crippen molar-refractivity contribution in [3.63, 3.8) is 0 Å². The number of anilines is 2. The molecular weight excluding hydrogens is 641 g/mol. The molecule has 0 aliphatic rings. The van der Waals surface area contributed by atoms with Crippen LogP contribution in [-0.2, 0) is 22.7 Å². The molecule has 2 aromatic heterocycles. The molecule has 0 saturated carbocycles. The van der Waals surface area contributed by atoms with Crippen LogP contribution in [0.1, 0.15) is 36.8 Å². The molecule has 0 fully saturated rings. The Morgan fingerprint density at radius 2 is 0.788 bits per heavy atom. The van der Waals surface area contributed by atoms with E-state index in [4.69, 9.17) is 0 Å². The van der Waals surface area contributed by atoms with E-state index >= 15 is 0 Å². The van der Waals surface area contributed by atoms with Gasteiger partial charge in [0.15, 0.2) is 37.9 Å². The van der Waals surface area contributed by atoms with Crippen LogP contribution in [0.4, 0.5) is 11.4 Å². The molecule has 0 unspecified atom stereocenters. The fourth-order valence-electron chi connectivity index (χ4n) is 7.33. The normalized spacial score (nSPS) is 11.3. The number of unbranched alkanes of at least 4 members (excludes halogenated alkanes) is 1. The molecule has 0 bridgehead atoms. The Balaban J connectivity index is 0.850. The first-order valence-corrected chi connectivity index (χ1v) is 17.9. The van der Waals surface area contributed by atoms with E-state index in [1.165, 1.54) is 54.2 Å². The summed E-state index contributed by atoms with van der Waals surface area (Å²) in [5.74, 6) is -0.113. The standard InChI is InChI=1S/C46H38N4O2/c51-45(47-37-17-11-25-49(29-37)31-43-39-19-5-1-13-33(39)27-34-14-2-6-20-40(34)43)23-9-10-24-46(52)48-38-18-12-26-50(30-38)32-44-41-21-7-3-15-35(41)28-36-16-4-8-22-42(36)44/h1-8,11-22,25-30H,9-10,23-24,31-32H2/p+2. The molecule has 2 N–H and O–H groups in total. The lowest BCUT2D eigenvalue weighted by atomic mass is 9.96. The van der Waals surface area contributed by atoms with Crippen molar-refractivity contribution in [2.45, 2.75) is 38.8 Å². The Bertz CT molecular complexity index is 2310. The van der Waals surface area contributed by atoms with Crippen LogP contribution in [0.25, 0.3) is 43.1 Å². The highest BCUT2D eigenvalue weighted by atomic mass is 16.2. The summed E-state index contributed by atoms with van der Waals surface area (Å²) in [4.78, 5) is 25.8. The van der Waals surface area contributed by atoms with Gasteiger partial charge in [-0.3, -0.25) is 9.59 Å². The molecule has 8 aromatic rings. The Morgan fingerprint density at radius 3 is 1.15 bits per heavy atom. The predicted octanol–water partition coefficient (Wildman–Crippen LogP) is 9.11. The SMILES string of the molecule is O=C(CCCCC(=O)Nc1ccc[n+](Cc2c3ccccc3cc3ccccc23)c1)Nc1ccc[n+](Cc2c3ccccc3cc3ccccc23)c1. The summed E-state index contributed by atoms with van der Waals surface area (Å²) in [5, 5.41) is 15.9. The van der Waals surface area contributed by atoms with E-state index < -0.39 is 0 Å². The number of hydrogen-bond donors (Lipinski definition) is 2. The van der Waals surface area contributed by atoms with E-state index in [-0.39, 0.29) is 11.8 Å². The Labute approximate surface area is 303 Å². The van der Waals surface area contributed by atoms with Crippen LogP contribution in [0.5, 0.6) is 0 Å². The summed E-state index contributed by atoms with van der Waals surface area (Å²) in [6.45, 7) is 1.37. The molecule has 2 amide bonds. The van der Waals surface area contributed by atoms with Gasteiger partial charge in [-0.15, -0.1) is 0 Å². The number of pyridine rings is 2. The average Bonchev–Trinajstić information content (AvgIpc) is 3.17. The van der Waals surface area contributed by atoms with Crippen LogP contribution >= 0.6 is 0 Å². The van der Waals surface area contributed by atoms with Crippen molar-refractivity contribution < 1.29 is 18.7 Å². The number of aromatic nitrogens is 2. The van der Waals surface area contributed by atoms with Gasteiger partial charge >= 0.3 is 0 Å². The fourth-order valence-corrected chi connectivity index (χ4v) is 7.33. The third-order valence-electron chi connectivity index (χ3n) is 9.79. The third kappa shape index (κ3) is 7.23. The van der Waals surface area contributed by atoms with Gasteiger partial charge < -0.3 is 10.6 Å². The fraction of sp³-hybridized carbons (Fsp3) is 0.130. The molecular formula is C46H40N4O2+2. The Kier molecular flexibility index (Phi) is 9.35. The molecule has 2 heterocycles. The van der Waals surface area contributed by atoms with E-state index in [0.717, 1.165) is 11.4 Å². The van der Waals surface area contributed by atoms with E-state index in [0.29, 0.717) is 38.8 Å². The maximum absolute atomic E-state index is 12.9. The molecule has 0 radical (unpaired) electrons. The van der Waals surface area contributed by atoms with Crippen molar-refractivity contribution in [3.05, 3.63) is 169 Å². The first-order chi connectivity index (χ1) is 25.6. The molecule has 0 spiro atoms. The minimum atomic E-state index is -0.0566. The number of benzene rings is 6. The third-order valence-corrected chi connectivity index (χ3v) is 9.79. The summed E-state index contributed by atoms with van der Waals surface area (Å²) in [6.07, 6.45) is 9.97. The Morgan fingerprint density at radius 1 is 0.442 bits per heavy atom. The minimum absolute atomic E-state index is 0.0566. The van der Waals surface area contributed by atoms with E-state index in [9.17, 15) is 9.59 Å². The highest BCUT2D eigenvalue weighted by Gasteiger charge is 2.15. The van der Waals surface area contributed by atoms with Crippen molar-refractivity contribution in [2.75, 3.05) is 10.6 Å². The molecule has 0 aliphatic carbocycles. The van der Waals surface area contributed by atoms with Gasteiger partial charge in [-0.25, -0.2) is 0 Å². The van der Waals surface area contributed by atoms with Gasteiger partial charge in [0.2, 0.25) is 11.8 Å². The van der Waals surface area contributed by atoms with Crippen molar-refractivity contribution >= 4 is 66.3 Å². The van der Waals surface area contributed by atoms with Gasteiger partial charge in [-0.05, 0) is 80.2 Å². The van der Waals surface area contributed by atoms with Crippen LogP contribution in [-0.4, -0.2) is 11.8 Å². The van der Waals surface area contributed by atoms with E-state index in [2.05, 4.69) is 129 Å². The van der Waals surface area contributed by atoms with Gasteiger partial charge in [0, 0.05) is 36.1 Å². The monoisotopic (exact) mass is 680 g/mol. The zero-order valence-corrected chi connectivity index (χ0v) is 29.0. The van der Waals surface area contributed by atoms with Gasteiger partial charge in [-0.2, -0.15) is 9.13 Å².